The molecule has 3 aromatic rings. The predicted molar refractivity (Wildman–Crippen MR) is 75.9 cm³/mol. The van der Waals surface area contributed by atoms with E-state index in [-0.39, 0.29) is 0 Å². The summed E-state index contributed by atoms with van der Waals surface area (Å²) in [7, 11) is 0. The van der Waals surface area contributed by atoms with Crippen molar-refractivity contribution in [2.24, 2.45) is 0 Å². The number of benzene rings is 1. The van der Waals surface area contributed by atoms with E-state index in [0.717, 1.165) is 21.1 Å². The van der Waals surface area contributed by atoms with Crippen LogP contribution in [0.4, 0.5) is 5.82 Å². The first-order valence-electron chi connectivity index (χ1n) is 5.87. The Morgan fingerprint density at radius 3 is 2.95 bits per heavy atom. The van der Waals surface area contributed by atoms with Gasteiger partial charge < -0.3 is 9.84 Å². The second-order valence-corrected chi connectivity index (χ2v) is 4.86. The Kier molecular flexibility index (Phi) is 3.41. The number of rotatable bonds is 4. The molecule has 1 aromatic carbocycles. The van der Waals surface area contributed by atoms with Crippen molar-refractivity contribution in [2.45, 2.75) is 6.42 Å². The van der Waals surface area contributed by atoms with E-state index in [0.29, 0.717) is 18.9 Å². The van der Waals surface area contributed by atoms with Gasteiger partial charge in [0.05, 0.1) is 0 Å². The van der Waals surface area contributed by atoms with Gasteiger partial charge in [-0.2, -0.15) is 4.98 Å². The second-order valence-electron chi connectivity index (χ2n) is 4.01. The van der Waals surface area contributed by atoms with Gasteiger partial charge in [-0.1, -0.05) is 33.2 Å². The molecule has 0 aliphatic rings. The molecule has 19 heavy (non-hydrogen) atoms. The zero-order chi connectivity index (χ0) is 13.1. The van der Waals surface area contributed by atoms with E-state index in [1.807, 2.05) is 24.3 Å². The van der Waals surface area contributed by atoms with Gasteiger partial charge >= 0.3 is 0 Å². The lowest BCUT2D eigenvalue weighted by molar-refractivity contribution is 0.380. The number of hydrogen-bond acceptors (Lipinski definition) is 5. The van der Waals surface area contributed by atoms with E-state index < -0.39 is 0 Å². The summed E-state index contributed by atoms with van der Waals surface area (Å²) < 4.78 is 6.01. The third-order valence-corrected chi connectivity index (χ3v) is 3.48. The largest absolute Gasteiger partial charge is 0.369 e. The maximum absolute atomic E-state index is 4.95. The molecule has 1 N–H and O–H groups in total. The van der Waals surface area contributed by atoms with Gasteiger partial charge in [-0.3, -0.25) is 0 Å². The molecule has 0 saturated carbocycles. The van der Waals surface area contributed by atoms with Crippen LogP contribution in [0.15, 0.2) is 45.8 Å². The van der Waals surface area contributed by atoms with Crippen molar-refractivity contribution < 1.29 is 4.52 Å². The number of aromatic nitrogens is 3. The van der Waals surface area contributed by atoms with Gasteiger partial charge in [-0.15, -0.1) is 0 Å². The molecule has 6 heteroatoms. The van der Waals surface area contributed by atoms with Crippen LogP contribution in [0.2, 0.25) is 0 Å². The molecule has 0 spiro atoms. The van der Waals surface area contributed by atoms with Crippen molar-refractivity contribution in [3.05, 3.63) is 47.2 Å². The van der Waals surface area contributed by atoms with E-state index in [1.54, 1.807) is 6.20 Å². The van der Waals surface area contributed by atoms with Crippen LogP contribution in [0.25, 0.3) is 10.8 Å². The summed E-state index contributed by atoms with van der Waals surface area (Å²) >= 11 is 3.54. The number of pyridine rings is 1. The first-order valence-corrected chi connectivity index (χ1v) is 6.66. The van der Waals surface area contributed by atoms with Crippen molar-refractivity contribution in [3.63, 3.8) is 0 Å². The standard InChI is InChI=1S/C13H11BrN4O/c14-11-3-1-2-10-9(11)4-6-15-13(10)16-7-5-12-17-8-18-19-12/h1-4,6,8H,5,7H2,(H,15,16). The molecule has 0 radical (unpaired) electrons. The van der Waals surface area contributed by atoms with Crippen molar-refractivity contribution in [3.8, 4) is 0 Å². The lowest BCUT2D eigenvalue weighted by Gasteiger charge is -2.08. The van der Waals surface area contributed by atoms with Gasteiger partial charge in [-0.25, -0.2) is 4.98 Å². The summed E-state index contributed by atoms with van der Waals surface area (Å²) in [5, 5.41) is 9.09. The molecule has 0 aliphatic heterocycles. The molecule has 3 rings (SSSR count). The molecule has 2 aromatic heterocycles. The summed E-state index contributed by atoms with van der Waals surface area (Å²) in [6.45, 7) is 0.695. The topological polar surface area (TPSA) is 63.8 Å². The highest BCUT2D eigenvalue weighted by Gasteiger charge is 2.05. The molecular weight excluding hydrogens is 308 g/mol. The number of hydrogen-bond donors (Lipinski definition) is 1. The van der Waals surface area contributed by atoms with Gasteiger partial charge in [0, 0.05) is 34.4 Å². The first-order chi connectivity index (χ1) is 9.34. The molecule has 96 valence electrons. The summed E-state index contributed by atoms with van der Waals surface area (Å²) in [5.41, 5.74) is 0. The van der Waals surface area contributed by atoms with Crippen LogP contribution >= 0.6 is 15.9 Å². The van der Waals surface area contributed by atoms with E-state index in [2.05, 4.69) is 36.4 Å². The Bertz CT molecular complexity index is 684. The van der Waals surface area contributed by atoms with Crippen LogP contribution in [-0.4, -0.2) is 21.7 Å². The average molecular weight is 319 g/mol. The van der Waals surface area contributed by atoms with Crippen molar-refractivity contribution in [2.75, 3.05) is 11.9 Å². The minimum atomic E-state index is 0.619. The Morgan fingerprint density at radius 2 is 2.11 bits per heavy atom. The van der Waals surface area contributed by atoms with Crippen molar-refractivity contribution in [1.29, 1.82) is 0 Å². The monoisotopic (exact) mass is 318 g/mol. The van der Waals surface area contributed by atoms with E-state index in [4.69, 9.17) is 4.52 Å². The Labute approximate surface area is 118 Å². The summed E-state index contributed by atoms with van der Waals surface area (Å²) in [4.78, 5) is 8.35. The zero-order valence-corrected chi connectivity index (χ0v) is 11.6. The van der Waals surface area contributed by atoms with Crippen LogP contribution in [-0.2, 0) is 6.42 Å². The van der Waals surface area contributed by atoms with Crippen molar-refractivity contribution >= 4 is 32.5 Å². The van der Waals surface area contributed by atoms with E-state index in [1.165, 1.54) is 6.33 Å². The van der Waals surface area contributed by atoms with Crippen molar-refractivity contribution in [1.82, 2.24) is 15.1 Å². The fraction of sp³-hybridized carbons (Fsp3) is 0.154. The average Bonchev–Trinajstić information content (AvgIpc) is 2.93. The third kappa shape index (κ3) is 2.58. The highest BCUT2D eigenvalue weighted by molar-refractivity contribution is 9.10. The molecule has 0 bridgehead atoms. The van der Waals surface area contributed by atoms with Gasteiger partial charge in [-0.05, 0) is 12.1 Å². The van der Waals surface area contributed by atoms with Crippen LogP contribution in [0, 0.1) is 0 Å². The zero-order valence-electron chi connectivity index (χ0n) is 10.0. The molecule has 2 heterocycles. The van der Waals surface area contributed by atoms with Crippen LogP contribution in [0.1, 0.15) is 5.89 Å². The molecule has 0 atom stereocenters. The lowest BCUT2D eigenvalue weighted by atomic mass is 10.1. The van der Waals surface area contributed by atoms with Crippen LogP contribution < -0.4 is 5.32 Å². The minimum absolute atomic E-state index is 0.619. The quantitative estimate of drug-likeness (QED) is 0.801. The maximum Gasteiger partial charge on any atom is 0.228 e. The summed E-state index contributed by atoms with van der Waals surface area (Å²) in [6.07, 6.45) is 3.87. The number of anilines is 1. The molecule has 0 fully saturated rings. The van der Waals surface area contributed by atoms with Gasteiger partial charge in [0.1, 0.15) is 5.82 Å². The predicted octanol–water partition coefficient (Wildman–Crippen LogP) is 3.03. The van der Waals surface area contributed by atoms with Gasteiger partial charge in [0.2, 0.25) is 5.89 Å². The molecule has 0 unspecified atom stereocenters. The highest BCUT2D eigenvalue weighted by Crippen LogP contribution is 2.27. The highest BCUT2D eigenvalue weighted by atomic mass is 79.9. The van der Waals surface area contributed by atoms with Gasteiger partial charge in [0.25, 0.3) is 0 Å². The molecule has 0 aliphatic carbocycles. The molecule has 0 saturated heterocycles. The molecule has 5 nitrogen and oxygen atoms in total. The second kappa shape index (κ2) is 5.36. The fourth-order valence-corrected chi connectivity index (χ4v) is 2.40. The Balaban J connectivity index is 1.79. The normalized spacial score (nSPS) is 10.8. The lowest BCUT2D eigenvalue weighted by Crippen LogP contribution is -2.06. The Hall–Kier alpha value is -1.95. The van der Waals surface area contributed by atoms with E-state index in [9.17, 15) is 0 Å². The minimum Gasteiger partial charge on any atom is -0.369 e. The maximum atomic E-state index is 4.95. The van der Waals surface area contributed by atoms with Gasteiger partial charge in [0.15, 0.2) is 6.33 Å². The number of nitrogens with zero attached hydrogens (tertiary/aromatic N) is 3. The fourth-order valence-electron chi connectivity index (χ4n) is 1.90. The van der Waals surface area contributed by atoms with Crippen LogP contribution in [0.5, 0.6) is 0 Å². The summed E-state index contributed by atoms with van der Waals surface area (Å²) in [5.74, 6) is 1.48. The number of halogens is 1. The van der Waals surface area contributed by atoms with Crippen LogP contribution in [0.3, 0.4) is 0 Å². The third-order valence-electron chi connectivity index (χ3n) is 2.79. The Morgan fingerprint density at radius 1 is 1.16 bits per heavy atom. The SMILES string of the molecule is Brc1cccc2c(NCCc3ncno3)nccc12. The number of nitrogens with one attached hydrogen (secondary N) is 1. The van der Waals surface area contributed by atoms with E-state index >= 15 is 0 Å². The number of fused-ring (bicyclic) bond motifs is 1. The molecule has 0 amide bonds. The first kappa shape index (κ1) is 12.1. The molecular formula is C13H11BrN4O. The smallest absolute Gasteiger partial charge is 0.228 e. The summed E-state index contributed by atoms with van der Waals surface area (Å²) in [6, 6.07) is 8.05.